The number of fused-ring (bicyclic) bond motifs is 1. The van der Waals surface area contributed by atoms with Gasteiger partial charge in [-0.3, -0.25) is 9.89 Å². The summed E-state index contributed by atoms with van der Waals surface area (Å²) in [4.78, 5) is 14.1. The third-order valence-electron chi connectivity index (χ3n) is 6.77. The molecular weight excluding hydrogens is 472 g/mol. The van der Waals surface area contributed by atoms with Crippen LogP contribution in [0.3, 0.4) is 0 Å². The van der Waals surface area contributed by atoms with Gasteiger partial charge in [-0.05, 0) is 71.9 Å². The molecule has 1 amide bonds. The van der Waals surface area contributed by atoms with Gasteiger partial charge in [0.15, 0.2) is 0 Å². The number of rotatable bonds is 10. The van der Waals surface area contributed by atoms with Crippen molar-refractivity contribution in [3.8, 4) is 5.75 Å². The van der Waals surface area contributed by atoms with Crippen LogP contribution in [0.15, 0.2) is 91.1 Å². The molecule has 3 aromatic carbocycles. The van der Waals surface area contributed by atoms with Crippen molar-refractivity contribution in [1.82, 2.24) is 20.4 Å². The Bertz CT molecular complexity index is 1380. The molecule has 2 N–H and O–H groups in total. The first-order valence-corrected chi connectivity index (χ1v) is 13.4. The Morgan fingerprint density at radius 1 is 0.974 bits per heavy atom. The van der Waals surface area contributed by atoms with Crippen LogP contribution in [0.2, 0.25) is 0 Å². The quantitative estimate of drug-likeness (QED) is 0.165. The number of benzene rings is 3. The second kappa shape index (κ2) is 12.9. The molecule has 0 radical (unpaired) electrons. The van der Waals surface area contributed by atoms with Gasteiger partial charge in [0.2, 0.25) is 5.91 Å². The Kier molecular flexibility index (Phi) is 8.64. The molecule has 0 unspecified atom stereocenters. The number of ether oxygens (including phenoxy) is 1. The van der Waals surface area contributed by atoms with Gasteiger partial charge < -0.3 is 15.0 Å². The number of carbonyl (C=O) groups excluding carboxylic acids is 1. The Labute approximate surface area is 224 Å². The summed E-state index contributed by atoms with van der Waals surface area (Å²) in [6.45, 7) is 3.67. The number of hydrogen-bond donors (Lipinski definition) is 2. The number of H-pyrrole nitrogens is 1. The number of amides is 1. The van der Waals surface area contributed by atoms with Crippen molar-refractivity contribution in [2.45, 2.75) is 19.3 Å². The number of aromatic amines is 1. The van der Waals surface area contributed by atoms with Crippen LogP contribution in [0.5, 0.6) is 5.75 Å². The van der Waals surface area contributed by atoms with Crippen LogP contribution >= 0.6 is 0 Å². The van der Waals surface area contributed by atoms with Gasteiger partial charge in [0.05, 0.1) is 11.7 Å². The van der Waals surface area contributed by atoms with Gasteiger partial charge in [-0.15, -0.1) is 0 Å². The molecule has 0 saturated carbocycles. The van der Waals surface area contributed by atoms with Gasteiger partial charge in [0, 0.05) is 37.6 Å². The van der Waals surface area contributed by atoms with Gasteiger partial charge >= 0.3 is 0 Å². The molecule has 1 aliphatic rings. The molecular formula is C32H34N4O2. The van der Waals surface area contributed by atoms with Gasteiger partial charge in [0.25, 0.3) is 0 Å². The molecule has 0 spiro atoms. The maximum absolute atomic E-state index is 12.2. The number of carbonyl (C=O) groups is 1. The van der Waals surface area contributed by atoms with Crippen molar-refractivity contribution in [2.75, 3.05) is 32.8 Å². The molecule has 0 atom stereocenters. The summed E-state index contributed by atoms with van der Waals surface area (Å²) in [6.07, 6.45) is 11.1. The smallest absolute Gasteiger partial charge is 0.246 e. The molecule has 2 heterocycles. The van der Waals surface area contributed by atoms with E-state index in [1.54, 1.807) is 6.08 Å². The van der Waals surface area contributed by atoms with E-state index in [2.05, 4.69) is 76.2 Å². The molecule has 0 aliphatic carbocycles. The monoisotopic (exact) mass is 506 g/mol. The summed E-state index contributed by atoms with van der Waals surface area (Å²) < 4.78 is 5.94. The lowest BCUT2D eigenvalue weighted by Gasteiger charge is -2.25. The van der Waals surface area contributed by atoms with E-state index < -0.39 is 0 Å². The van der Waals surface area contributed by atoms with Crippen LogP contribution in [0.1, 0.15) is 36.0 Å². The third-order valence-corrected chi connectivity index (χ3v) is 6.77. The summed E-state index contributed by atoms with van der Waals surface area (Å²) >= 11 is 0. The van der Waals surface area contributed by atoms with E-state index in [0.29, 0.717) is 19.7 Å². The van der Waals surface area contributed by atoms with Crippen molar-refractivity contribution in [3.63, 3.8) is 0 Å². The van der Waals surface area contributed by atoms with Crippen molar-refractivity contribution in [2.24, 2.45) is 0 Å². The molecule has 194 valence electrons. The Morgan fingerprint density at radius 2 is 1.76 bits per heavy atom. The fourth-order valence-corrected chi connectivity index (χ4v) is 4.70. The maximum atomic E-state index is 12.2. The fourth-order valence-electron chi connectivity index (χ4n) is 4.70. The van der Waals surface area contributed by atoms with Crippen LogP contribution in [0.25, 0.3) is 22.6 Å². The topological polar surface area (TPSA) is 70.2 Å². The van der Waals surface area contributed by atoms with Gasteiger partial charge in [-0.1, -0.05) is 54.6 Å². The Morgan fingerprint density at radius 3 is 2.58 bits per heavy atom. The third kappa shape index (κ3) is 6.78. The first-order valence-electron chi connectivity index (χ1n) is 13.4. The van der Waals surface area contributed by atoms with E-state index in [9.17, 15) is 4.79 Å². The highest BCUT2D eigenvalue weighted by Crippen LogP contribution is 2.29. The standard InChI is InChI=1S/C32H34N4O2/c37-32(36-19-5-2-6-20-36)10-7-17-33-18-21-38-29-14-11-26(12-15-29)30(22-25-8-3-1-4-9-25)27-13-16-31-28(23-27)24-34-35-31/h1,3-4,7-16,22-24,33H,2,5-6,17-21H2,(H,34,35)/b10-7+,30-22+. The van der Waals surface area contributed by atoms with Crippen molar-refractivity contribution in [3.05, 3.63) is 108 Å². The SMILES string of the molecule is O=C(/C=C/CNCCOc1ccc(/C(=C\c2ccccc2)c2ccc3[nH]ncc3c2)cc1)N1CCCCC1. The summed E-state index contributed by atoms with van der Waals surface area (Å²) in [7, 11) is 0. The molecule has 6 nitrogen and oxygen atoms in total. The van der Waals surface area contributed by atoms with E-state index in [0.717, 1.165) is 64.8 Å². The highest BCUT2D eigenvalue weighted by molar-refractivity contribution is 5.94. The molecule has 1 aromatic heterocycles. The minimum absolute atomic E-state index is 0.119. The fraction of sp³-hybridized carbons (Fsp3) is 0.250. The molecule has 38 heavy (non-hydrogen) atoms. The van der Waals surface area contributed by atoms with Crippen LogP contribution in [-0.4, -0.2) is 53.8 Å². The van der Waals surface area contributed by atoms with Crippen molar-refractivity contribution in [1.29, 1.82) is 0 Å². The van der Waals surface area contributed by atoms with Gasteiger partial charge in [-0.25, -0.2) is 0 Å². The van der Waals surface area contributed by atoms with Crippen LogP contribution < -0.4 is 10.1 Å². The molecule has 4 aromatic rings. The average molecular weight is 507 g/mol. The second-order valence-electron chi connectivity index (χ2n) is 9.51. The van der Waals surface area contributed by atoms with E-state index in [1.807, 2.05) is 35.4 Å². The van der Waals surface area contributed by atoms with Crippen LogP contribution in [0.4, 0.5) is 0 Å². The summed E-state index contributed by atoms with van der Waals surface area (Å²) in [5, 5.41) is 11.6. The van der Waals surface area contributed by atoms with E-state index in [1.165, 1.54) is 6.42 Å². The highest BCUT2D eigenvalue weighted by Gasteiger charge is 2.13. The first-order chi connectivity index (χ1) is 18.8. The lowest BCUT2D eigenvalue weighted by molar-refractivity contribution is -0.126. The normalized spacial score (nSPS) is 14.3. The largest absolute Gasteiger partial charge is 0.492 e. The van der Waals surface area contributed by atoms with E-state index in [-0.39, 0.29) is 5.91 Å². The number of piperidine rings is 1. The minimum Gasteiger partial charge on any atom is -0.492 e. The molecule has 1 aliphatic heterocycles. The van der Waals surface area contributed by atoms with Gasteiger partial charge in [0.1, 0.15) is 12.4 Å². The lowest BCUT2D eigenvalue weighted by atomic mass is 9.95. The number of nitrogens with zero attached hydrogens (tertiary/aromatic N) is 2. The molecule has 5 rings (SSSR count). The van der Waals surface area contributed by atoms with Crippen LogP contribution in [0, 0.1) is 0 Å². The predicted molar refractivity (Wildman–Crippen MR) is 154 cm³/mol. The lowest BCUT2D eigenvalue weighted by Crippen LogP contribution is -2.34. The van der Waals surface area contributed by atoms with Crippen LogP contribution in [-0.2, 0) is 4.79 Å². The number of likely N-dealkylation sites (tertiary alicyclic amines) is 1. The Balaban J connectivity index is 1.17. The molecule has 1 saturated heterocycles. The maximum Gasteiger partial charge on any atom is 0.246 e. The minimum atomic E-state index is 0.119. The van der Waals surface area contributed by atoms with Crippen molar-refractivity contribution >= 4 is 28.5 Å². The molecule has 6 heteroatoms. The van der Waals surface area contributed by atoms with Gasteiger partial charge in [-0.2, -0.15) is 5.10 Å². The first kappa shape index (κ1) is 25.5. The second-order valence-corrected chi connectivity index (χ2v) is 9.51. The average Bonchev–Trinajstić information content (AvgIpc) is 3.45. The molecule has 0 bridgehead atoms. The number of hydrogen-bond acceptors (Lipinski definition) is 4. The highest BCUT2D eigenvalue weighted by atomic mass is 16.5. The summed E-state index contributed by atoms with van der Waals surface area (Å²) in [6, 6.07) is 25.0. The summed E-state index contributed by atoms with van der Waals surface area (Å²) in [5.74, 6) is 0.948. The zero-order valence-corrected chi connectivity index (χ0v) is 21.6. The zero-order chi connectivity index (χ0) is 26.0. The van der Waals surface area contributed by atoms with E-state index in [4.69, 9.17) is 4.74 Å². The Hall–Kier alpha value is -4.16. The van der Waals surface area contributed by atoms with E-state index >= 15 is 0 Å². The zero-order valence-electron chi connectivity index (χ0n) is 21.6. The molecule has 1 fully saturated rings. The van der Waals surface area contributed by atoms with Crippen molar-refractivity contribution < 1.29 is 9.53 Å². The predicted octanol–water partition coefficient (Wildman–Crippen LogP) is 5.69. The number of nitrogens with one attached hydrogen (secondary N) is 2. The summed E-state index contributed by atoms with van der Waals surface area (Å²) in [5.41, 5.74) is 5.55. The number of aromatic nitrogens is 2.